The fraction of sp³-hybridized carbons (Fsp3) is 1.00. The molecule has 20 heavy (non-hydrogen) atoms. The van der Waals surface area contributed by atoms with Crippen LogP contribution < -0.4 is 0 Å². The van der Waals surface area contributed by atoms with Crippen LogP contribution in [0.1, 0.15) is 97.8 Å². The summed E-state index contributed by atoms with van der Waals surface area (Å²) in [6.45, 7) is 9.89. The molecule has 1 heterocycles. The zero-order chi connectivity index (χ0) is 14.8. The van der Waals surface area contributed by atoms with Crippen LogP contribution >= 0.6 is 7.92 Å². The van der Waals surface area contributed by atoms with Crippen molar-refractivity contribution in [3.05, 3.63) is 0 Å². The van der Waals surface area contributed by atoms with Crippen LogP contribution in [0.2, 0.25) is 0 Å². The maximum atomic E-state index is 2.65. The fourth-order valence-corrected chi connectivity index (χ4v) is 7.10. The topological polar surface area (TPSA) is 0 Å². The minimum absolute atomic E-state index is 0.335. The highest BCUT2D eigenvalue weighted by atomic mass is 31.1. The highest BCUT2D eigenvalue weighted by Crippen LogP contribution is 2.57. The van der Waals surface area contributed by atoms with E-state index >= 15 is 0 Å². The van der Waals surface area contributed by atoms with Gasteiger partial charge in [0.2, 0.25) is 0 Å². The van der Waals surface area contributed by atoms with Crippen LogP contribution in [0.3, 0.4) is 0 Å². The Kier molecular flexibility index (Phi) is 9.43. The largest absolute Gasteiger partial charge is 0.106 e. The predicted octanol–water partition coefficient (Wildman–Crippen LogP) is 7.21. The van der Waals surface area contributed by atoms with Gasteiger partial charge in [-0.15, -0.1) is 7.92 Å². The summed E-state index contributed by atoms with van der Waals surface area (Å²) in [5.74, 6) is 0. The SMILES string of the molecule is CCCCCCC(C)(CCCCCC)C1CCCP1C. The summed E-state index contributed by atoms with van der Waals surface area (Å²) >= 11 is 0. The molecule has 1 saturated heterocycles. The third kappa shape index (κ3) is 6.05. The van der Waals surface area contributed by atoms with Gasteiger partial charge in [0.05, 0.1) is 0 Å². The molecule has 1 aliphatic heterocycles. The van der Waals surface area contributed by atoms with E-state index in [-0.39, 0.29) is 0 Å². The number of rotatable bonds is 11. The third-order valence-electron chi connectivity index (χ3n) is 5.53. The molecule has 0 spiro atoms. The molecule has 0 aromatic heterocycles. The summed E-state index contributed by atoms with van der Waals surface area (Å²) in [6, 6.07) is 0. The van der Waals surface area contributed by atoms with Gasteiger partial charge in [0.1, 0.15) is 0 Å². The first-order valence-electron chi connectivity index (χ1n) is 9.34. The van der Waals surface area contributed by atoms with Gasteiger partial charge in [0.15, 0.2) is 0 Å². The summed E-state index contributed by atoms with van der Waals surface area (Å²) in [4.78, 5) is 0. The molecule has 2 unspecified atom stereocenters. The van der Waals surface area contributed by atoms with E-state index in [1.165, 1.54) is 70.6 Å². The quantitative estimate of drug-likeness (QED) is 0.279. The number of hydrogen-bond acceptors (Lipinski definition) is 0. The van der Waals surface area contributed by atoms with E-state index in [0.717, 1.165) is 5.66 Å². The summed E-state index contributed by atoms with van der Waals surface area (Å²) in [6.07, 6.45) is 19.2. The van der Waals surface area contributed by atoms with Crippen molar-refractivity contribution in [3.8, 4) is 0 Å². The Morgan fingerprint density at radius 2 is 1.45 bits per heavy atom. The molecule has 0 saturated carbocycles. The molecule has 1 fully saturated rings. The Morgan fingerprint density at radius 1 is 0.900 bits per heavy atom. The molecular weight excluding hydrogens is 259 g/mol. The lowest BCUT2D eigenvalue weighted by molar-refractivity contribution is 0.236. The van der Waals surface area contributed by atoms with Gasteiger partial charge in [-0.25, -0.2) is 0 Å². The number of hydrogen-bond donors (Lipinski definition) is 0. The van der Waals surface area contributed by atoms with Crippen LogP contribution in [0, 0.1) is 5.41 Å². The van der Waals surface area contributed by atoms with Crippen molar-refractivity contribution in [3.63, 3.8) is 0 Å². The minimum atomic E-state index is 0.335. The maximum Gasteiger partial charge on any atom is -0.0158 e. The second-order valence-corrected chi connectivity index (χ2v) is 10.00. The lowest BCUT2D eigenvalue weighted by Gasteiger charge is -2.39. The second kappa shape index (κ2) is 10.2. The molecule has 0 nitrogen and oxygen atoms in total. The van der Waals surface area contributed by atoms with Crippen LogP contribution in [0.15, 0.2) is 0 Å². The second-order valence-electron chi connectivity index (χ2n) is 7.41. The van der Waals surface area contributed by atoms with Crippen molar-refractivity contribution in [1.29, 1.82) is 0 Å². The average molecular weight is 298 g/mol. The van der Waals surface area contributed by atoms with Crippen LogP contribution in [-0.2, 0) is 0 Å². The van der Waals surface area contributed by atoms with E-state index in [1.54, 1.807) is 12.6 Å². The van der Waals surface area contributed by atoms with E-state index in [0.29, 0.717) is 13.3 Å². The van der Waals surface area contributed by atoms with Crippen LogP contribution in [-0.4, -0.2) is 18.5 Å². The number of unbranched alkanes of at least 4 members (excludes halogenated alkanes) is 6. The van der Waals surface area contributed by atoms with Gasteiger partial charge in [-0.3, -0.25) is 0 Å². The molecule has 0 aliphatic carbocycles. The van der Waals surface area contributed by atoms with Crippen molar-refractivity contribution >= 4 is 7.92 Å². The Morgan fingerprint density at radius 3 is 1.85 bits per heavy atom. The summed E-state index contributed by atoms with van der Waals surface area (Å²) in [7, 11) is 0.335. The van der Waals surface area contributed by atoms with Gasteiger partial charge in [-0.05, 0) is 49.6 Å². The van der Waals surface area contributed by atoms with Crippen molar-refractivity contribution in [2.45, 2.75) is 103 Å². The Bertz CT molecular complexity index is 224. The fourth-order valence-electron chi connectivity index (χ4n) is 4.16. The van der Waals surface area contributed by atoms with Crippen molar-refractivity contribution < 1.29 is 0 Å². The zero-order valence-corrected chi connectivity index (χ0v) is 15.6. The normalized spacial score (nSPS) is 23.4. The van der Waals surface area contributed by atoms with Crippen molar-refractivity contribution in [2.75, 3.05) is 12.8 Å². The highest BCUT2D eigenvalue weighted by molar-refractivity contribution is 7.58. The first-order chi connectivity index (χ1) is 9.64. The van der Waals surface area contributed by atoms with Crippen LogP contribution in [0.4, 0.5) is 0 Å². The van der Waals surface area contributed by atoms with Gasteiger partial charge in [-0.1, -0.05) is 72.1 Å². The van der Waals surface area contributed by atoms with Crippen molar-refractivity contribution in [1.82, 2.24) is 0 Å². The van der Waals surface area contributed by atoms with Gasteiger partial charge >= 0.3 is 0 Å². The lowest BCUT2D eigenvalue weighted by Crippen LogP contribution is -2.29. The predicted molar refractivity (Wildman–Crippen MR) is 96.4 cm³/mol. The third-order valence-corrected chi connectivity index (χ3v) is 8.50. The van der Waals surface area contributed by atoms with Crippen molar-refractivity contribution in [2.24, 2.45) is 5.41 Å². The molecular formula is C19H39P. The molecule has 2 atom stereocenters. The van der Waals surface area contributed by atoms with E-state index in [4.69, 9.17) is 0 Å². The van der Waals surface area contributed by atoms with Gasteiger partial charge in [0.25, 0.3) is 0 Å². The van der Waals surface area contributed by atoms with Crippen LogP contribution in [0.5, 0.6) is 0 Å². The Balaban J connectivity index is 2.47. The van der Waals surface area contributed by atoms with E-state index < -0.39 is 0 Å². The molecule has 1 heteroatoms. The molecule has 0 radical (unpaired) electrons. The van der Waals surface area contributed by atoms with E-state index in [9.17, 15) is 0 Å². The summed E-state index contributed by atoms with van der Waals surface area (Å²) < 4.78 is 0. The standard InChI is InChI=1S/C19H39P/c1-5-7-9-11-15-19(3,16-12-10-8-6-2)18-14-13-17-20(18)4/h18H,5-17H2,1-4H3. The lowest BCUT2D eigenvalue weighted by atomic mass is 9.75. The van der Waals surface area contributed by atoms with E-state index in [1.807, 2.05) is 0 Å². The summed E-state index contributed by atoms with van der Waals surface area (Å²) in [5, 5.41) is 0. The molecule has 0 aromatic carbocycles. The Labute approximate surface area is 130 Å². The summed E-state index contributed by atoms with van der Waals surface area (Å²) in [5.41, 5.74) is 1.76. The minimum Gasteiger partial charge on any atom is -0.106 e. The first-order valence-corrected chi connectivity index (χ1v) is 11.4. The molecule has 0 amide bonds. The molecule has 120 valence electrons. The first kappa shape index (κ1) is 18.5. The maximum absolute atomic E-state index is 2.65. The highest BCUT2D eigenvalue weighted by Gasteiger charge is 2.38. The smallest absolute Gasteiger partial charge is 0.0158 e. The zero-order valence-electron chi connectivity index (χ0n) is 14.7. The molecule has 1 aliphatic rings. The Hall–Kier alpha value is 0.430. The van der Waals surface area contributed by atoms with Gasteiger partial charge in [0, 0.05) is 0 Å². The van der Waals surface area contributed by atoms with Crippen LogP contribution in [0.25, 0.3) is 0 Å². The molecule has 0 aromatic rings. The van der Waals surface area contributed by atoms with Gasteiger partial charge in [-0.2, -0.15) is 0 Å². The average Bonchev–Trinajstić information content (AvgIpc) is 2.87. The molecule has 0 bridgehead atoms. The van der Waals surface area contributed by atoms with E-state index in [2.05, 4.69) is 27.4 Å². The molecule has 1 rings (SSSR count). The van der Waals surface area contributed by atoms with Gasteiger partial charge < -0.3 is 0 Å². The molecule has 0 N–H and O–H groups in total. The monoisotopic (exact) mass is 298 g/mol.